The summed E-state index contributed by atoms with van der Waals surface area (Å²) in [6.07, 6.45) is 4.17. The number of allylic oxidation sites excluding steroid dienone is 1. The van der Waals surface area contributed by atoms with Gasteiger partial charge in [-0.15, -0.1) is 6.58 Å². The second kappa shape index (κ2) is 7.88. The molecule has 138 valence electrons. The van der Waals surface area contributed by atoms with Gasteiger partial charge in [0.25, 0.3) is 10.0 Å². The second-order valence-corrected chi connectivity index (χ2v) is 9.45. The number of sulfonamides is 1. The van der Waals surface area contributed by atoms with Crippen LogP contribution in [0.1, 0.15) is 12.5 Å². The maximum atomic E-state index is 13.1. The first-order chi connectivity index (χ1) is 12.2. The van der Waals surface area contributed by atoms with E-state index in [4.69, 9.17) is 0 Å². The fourth-order valence-electron chi connectivity index (χ4n) is 2.40. The summed E-state index contributed by atoms with van der Waals surface area (Å²) in [7, 11) is -7.69. The summed E-state index contributed by atoms with van der Waals surface area (Å²) in [6.45, 7) is 6.99. The largest absolute Gasteiger partial charge is 0.268 e. The zero-order valence-corrected chi connectivity index (χ0v) is 16.3. The molecule has 0 aliphatic carbocycles. The van der Waals surface area contributed by atoms with E-state index < -0.39 is 19.9 Å². The Morgan fingerprint density at radius 1 is 1.00 bits per heavy atom. The van der Waals surface area contributed by atoms with Crippen LogP contribution in [0.25, 0.3) is 0 Å². The van der Waals surface area contributed by atoms with Crippen LogP contribution in [-0.4, -0.2) is 22.6 Å². The Balaban J connectivity index is 2.70. The SMILES string of the molecule is C=CCS(=O)(=O)c1ccccc1N(/C=C\C)S(=O)(=O)c1ccc(C)cc1. The highest BCUT2D eigenvalue weighted by Crippen LogP contribution is 2.31. The van der Waals surface area contributed by atoms with E-state index >= 15 is 0 Å². The Labute approximate surface area is 155 Å². The van der Waals surface area contributed by atoms with Gasteiger partial charge in [0.15, 0.2) is 9.84 Å². The molecule has 0 bridgehead atoms. The molecule has 7 heteroatoms. The molecular weight excluding hydrogens is 370 g/mol. The summed E-state index contributed by atoms with van der Waals surface area (Å²) in [5, 5.41) is 0. The Bertz CT molecular complexity index is 1020. The predicted molar refractivity (Wildman–Crippen MR) is 104 cm³/mol. The number of nitrogens with zero attached hydrogens (tertiary/aromatic N) is 1. The summed E-state index contributed by atoms with van der Waals surface area (Å²) < 4.78 is 52.4. The first kappa shape index (κ1) is 19.9. The minimum absolute atomic E-state index is 0.0614. The molecule has 0 atom stereocenters. The third kappa shape index (κ3) is 4.05. The summed E-state index contributed by atoms with van der Waals surface area (Å²) >= 11 is 0. The molecule has 0 unspecified atom stereocenters. The molecule has 0 radical (unpaired) electrons. The number of hydrogen-bond donors (Lipinski definition) is 0. The van der Waals surface area contributed by atoms with Gasteiger partial charge < -0.3 is 0 Å². The smallest absolute Gasteiger partial charge is 0.241 e. The molecule has 26 heavy (non-hydrogen) atoms. The number of sulfone groups is 1. The number of hydrogen-bond acceptors (Lipinski definition) is 4. The highest BCUT2D eigenvalue weighted by Gasteiger charge is 2.28. The van der Waals surface area contributed by atoms with E-state index in [-0.39, 0.29) is 21.2 Å². The average Bonchev–Trinajstić information content (AvgIpc) is 2.60. The third-order valence-corrected chi connectivity index (χ3v) is 7.03. The van der Waals surface area contributed by atoms with Crippen LogP contribution < -0.4 is 4.31 Å². The number of aryl methyl sites for hydroxylation is 1. The zero-order valence-electron chi connectivity index (χ0n) is 14.7. The highest BCUT2D eigenvalue weighted by molar-refractivity contribution is 7.93. The van der Waals surface area contributed by atoms with Gasteiger partial charge in [0.2, 0.25) is 0 Å². The highest BCUT2D eigenvalue weighted by atomic mass is 32.2. The van der Waals surface area contributed by atoms with E-state index in [2.05, 4.69) is 6.58 Å². The van der Waals surface area contributed by atoms with E-state index in [9.17, 15) is 16.8 Å². The standard InChI is InChI=1S/C19H21NO4S2/c1-4-14-20(26(23,24)17-12-10-16(3)11-13-17)18-8-6-7-9-19(18)25(21,22)15-5-2/h4-14H,2,15H2,1,3H3/b14-4-. The molecule has 0 saturated heterocycles. The van der Waals surface area contributed by atoms with Gasteiger partial charge in [-0.2, -0.15) is 0 Å². The molecule has 0 amide bonds. The first-order valence-corrected chi connectivity index (χ1v) is 11.0. The molecule has 2 rings (SSSR count). The molecule has 0 saturated carbocycles. The number of para-hydroxylation sites is 1. The topological polar surface area (TPSA) is 71.5 Å². The van der Waals surface area contributed by atoms with Crippen LogP contribution in [0.15, 0.2) is 83.3 Å². The third-order valence-electron chi connectivity index (χ3n) is 3.64. The molecule has 0 spiro atoms. The predicted octanol–water partition coefficient (Wildman–Crippen LogP) is 3.68. The van der Waals surface area contributed by atoms with Crippen molar-refractivity contribution in [1.82, 2.24) is 0 Å². The lowest BCUT2D eigenvalue weighted by Gasteiger charge is -2.23. The number of benzene rings is 2. The van der Waals surface area contributed by atoms with Gasteiger partial charge in [-0.3, -0.25) is 0 Å². The van der Waals surface area contributed by atoms with E-state index in [1.165, 1.54) is 36.5 Å². The molecular formula is C19H21NO4S2. The Kier molecular flexibility index (Phi) is 6.05. The van der Waals surface area contributed by atoms with Gasteiger partial charge in [0.05, 0.1) is 21.2 Å². The lowest BCUT2D eigenvalue weighted by molar-refractivity contribution is 0.595. The quantitative estimate of drug-likeness (QED) is 0.675. The number of anilines is 1. The second-order valence-electron chi connectivity index (χ2n) is 5.63. The van der Waals surface area contributed by atoms with Crippen LogP contribution in [-0.2, 0) is 19.9 Å². The van der Waals surface area contributed by atoms with Gasteiger partial charge in [-0.1, -0.05) is 42.0 Å². The fourth-order valence-corrected chi connectivity index (χ4v) is 5.12. The lowest BCUT2D eigenvalue weighted by atomic mass is 10.2. The van der Waals surface area contributed by atoms with E-state index in [0.29, 0.717) is 0 Å². The minimum atomic E-state index is -3.97. The molecule has 2 aromatic carbocycles. The summed E-state index contributed by atoms with van der Waals surface area (Å²) in [4.78, 5) is 0.0193. The Morgan fingerprint density at radius 3 is 2.19 bits per heavy atom. The maximum absolute atomic E-state index is 13.1. The normalized spacial score (nSPS) is 12.2. The Hall–Kier alpha value is -2.38. The average molecular weight is 392 g/mol. The summed E-state index contributed by atoms with van der Waals surface area (Å²) in [5.74, 6) is -0.279. The van der Waals surface area contributed by atoms with Crippen molar-refractivity contribution in [3.05, 3.63) is 79.0 Å². The van der Waals surface area contributed by atoms with E-state index in [1.54, 1.807) is 37.3 Å². The lowest BCUT2D eigenvalue weighted by Crippen LogP contribution is -2.27. The van der Waals surface area contributed by atoms with E-state index in [1.807, 2.05) is 6.92 Å². The van der Waals surface area contributed by atoms with Gasteiger partial charge in [-0.25, -0.2) is 21.1 Å². The molecule has 0 aromatic heterocycles. The maximum Gasteiger partial charge on any atom is 0.268 e. The molecule has 0 aliphatic rings. The number of rotatable bonds is 7. The van der Waals surface area contributed by atoms with Gasteiger partial charge in [0.1, 0.15) is 0 Å². The first-order valence-electron chi connectivity index (χ1n) is 7.90. The van der Waals surface area contributed by atoms with E-state index in [0.717, 1.165) is 9.87 Å². The van der Waals surface area contributed by atoms with Crippen LogP contribution >= 0.6 is 0 Å². The monoisotopic (exact) mass is 391 g/mol. The minimum Gasteiger partial charge on any atom is -0.241 e. The van der Waals surface area contributed by atoms with Crippen molar-refractivity contribution >= 4 is 25.5 Å². The van der Waals surface area contributed by atoms with Gasteiger partial charge in [0, 0.05) is 6.20 Å². The van der Waals surface area contributed by atoms with Crippen molar-refractivity contribution in [3.63, 3.8) is 0 Å². The van der Waals surface area contributed by atoms with Crippen molar-refractivity contribution in [2.45, 2.75) is 23.6 Å². The van der Waals surface area contributed by atoms with Crippen LogP contribution in [0.4, 0.5) is 5.69 Å². The van der Waals surface area contributed by atoms with Crippen LogP contribution in [0, 0.1) is 6.92 Å². The van der Waals surface area contributed by atoms with Crippen LogP contribution in [0.5, 0.6) is 0 Å². The van der Waals surface area contributed by atoms with Crippen LogP contribution in [0.3, 0.4) is 0 Å². The van der Waals surface area contributed by atoms with Gasteiger partial charge in [-0.05, 0) is 38.1 Å². The molecule has 0 N–H and O–H groups in total. The molecule has 0 fully saturated rings. The van der Waals surface area contributed by atoms with Crippen molar-refractivity contribution < 1.29 is 16.8 Å². The van der Waals surface area contributed by atoms with Crippen molar-refractivity contribution in [1.29, 1.82) is 0 Å². The molecule has 0 heterocycles. The fraction of sp³-hybridized carbons (Fsp3) is 0.158. The Morgan fingerprint density at radius 2 is 1.62 bits per heavy atom. The molecule has 0 aliphatic heterocycles. The van der Waals surface area contributed by atoms with Crippen molar-refractivity contribution in [3.8, 4) is 0 Å². The van der Waals surface area contributed by atoms with Gasteiger partial charge >= 0.3 is 0 Å². The van der Waals surface area contributed by atoms with Crippen molar-refractivity contribution in [2.24, 2.45) is 0 Å². The molecule has 2 aromatic rings. The molecule has 5 nitrogen and oxygen atoms in total. The van der Waals surface area contributed by atoms with Crippen LogP contribution in [0.2, 0.25) is 0 Å². The zero-order chi connectivity index (χ0) is 19.4. The summed E-state index contributed by atoms with van der Waals surface area (Å²) in [6, 6.07) is 12.4. The summed E-state index contributed by atoms with van der Waals surface area (Å²) in [5.41, 5.74) is 1.00. The van der Waals surface area contributed by atoms with Crippen molar-refractivity contribution in [2.75, 3.05) is 10.1 Å².